The van der Waals surface area contributed by atoms with Crippen LogP contribution in [0.25, 0.3) is 0 Å². The third-order valence-electron chi connectivity index (χ3n) is 6.24. The van der Waals surface area contributed by atoms with E-state index >= 15 is 0 Å². The van der Waals surface area contributed by atoms with Crippen LogP contribution in [-0.4, -0.2) is 48.5 Å². The first-order valence-electron chi connectivity index (χ1n) is 9.96. The van der Waals surface area contributed by atoms with Gasteiger partial charge in [0.05, 0.1) is 0 Å². The van der Waals surface area contributed by atoms with Crippen molar-refractivity contribution in [3.63, 3.8) is 0 Å². The molecule has 0 bridgehead atoms. The molecule has 1 saturated carbocycles. The molecule has 4 nitrogen and oxygen atoms in total. The highest BCUT2D eigenvalue weighted by Crippen LogP contribution is 2.48. The summed E-state index contributed by atoms with van der Waals surface area (Å²) in [5.74, 6) is -3.43. The summed E-state index contributed by atoms with van der Waals surface area (Å²) >= 11 is 0. The molecule has 1 amide bonds. The smallest absolute Gasteiger partial charge is 0.259 e. The van der Waals surface area contributed by atoms with Crippen LogP contribution in [0.4, 0.5) is 8.78 Å². The molecule has 1 aliphatic heterocycles. The summed E-state index contributed by atoms with van der Waals surface area (Å²) in [5, 5.41) is 14.7. The fraction of sp³-hybridized carbons (Fsp3) is 0.667. The van der Waals surface area contributed by atoms with Gasteiger partial charge in [0.25, 0.3) is 5.91 Å². The summed E-state index contributed by atoms with van der Waals surface area (Å²) in [6, 6.07) is 8.63. The van der Waals surface area contributed by atoms with E-state index in [1.165, 1.54) is 0 Å². The van der Waals surface area contributed by atoms with Gasteiger partial charge >= 0.3 is 0 Å². The van der Waals surface area contributed by atoms with Gasteiger partial charge in [-0.15, -0.1) is 0 Å². The number of aliphatic hydroxyl groups is 1. The molecule has 1 heterocycles. The van der Waals surface area contributed by atoms with Crippen LogP contribution in [0.3, 0.4) is 0 Å². The highest BCUT2D eigenvalue weighted by molar-refractivity contribution is 5.87. The molecule has 0 radical (unpaired) electrons. The molecular formula is C21H30F2N2O2. The van der Waals surface area contributed by atoms with Crippen molar-refractivity contribution in [3.8, 4) is 0 Å². The van der Waals surface area contributed by atoms with Crippen LogP contribution in [0.2, 0.25) is 0 Å². The molecule has 1 aromatic carbocycles. The van der Waals surface area contributed by atoms with Gasteiger partial charge in [-0.25, -0.2) is 8.78 Å². The number of nitrogens with one attached hydrogen (secondary N) is 1. The highest BCUT2D eigenvalue weighted by Gasteiger charge is 2.54. The van der Waals surface area contributed by atoms with Crippen molar-refractivity contribution in [1.82, 2.24) is 10.2 Å². The lowest BCUT2D eigenvalue weighted by Crippen LogP contribution is -2.53. The van der Waals surface area contributed by atoms with E-state index in [-0.39, 0.29) is 12.8 Å². The van der Waals surface area contributed by atoms with E-state index in [0.717, 1.165) is 25.8 Å². The summed E-state index contributed by atoms with van der Waals surface area (Å²) in [5.41, 5.74) is -1.45. The standard InChI is InChI=1S/C21H30F2N2O2/c1-24-12-8-16-9-13-25(14-10-16)19(26)21(27,17-5-3-2-4-6-17)18-7-11-20(22,23)15-18/h2-6,16,18,24,27H,7-15H2,1H3/t18-,21+/m1/s1. The maximum Gasteiger partial charge on any atom is 0.259 e. The van der Waals surface area contributed by atoms with Gasteiger partial charge in [-0.2, -0.15) is 0 Å². The van der Waals surface area contributed by atoms with Gasteiger partial charge < -0.3 is 15.3 Å². The lowest BCUT2D eigenvalue weighted by molar-refractivity contribution is -0.162. The van der Waals surface area contributed by atoms with Gasteiger partial charge in [0, 0.05) is 31.8 Å². The van der Waals surface area contributed by atoms with Crippen LogP contribution in [-0.2, 0) is 10.4 Å². The summed E-state index contributed by atoms with van der Waals surface area (Å²) in [6.45, 7) is 2.10. The van der Waals surface area contributed by atoms with Gasteiger partial charge in [0.15, 0.2) is 5.60 Å². The summed E-state index contributed by atoms with van der Waals surface area (Å²) in [4.78, 5) is 15.0. The molecule has 6 heteroatoms. The minimum absolute atomic E-state index is 0.156. The van der Waals surface area contributed by atoms with E-state index in [9.17, 15) is 18.7 Å². The number of hydrogen-bond donors (Lipinski definition) is 2. The SMILES string of the molecule is CNCCC1CCN(C(=O)[C@](O)(c2ccccc2)[C@@H]2CCC(F)(F)C2)CC1. The Hall–Kier alpha value is -1.53. The molecule has 1 aromatic rings. The number of likely N-dealkylation sites (tertiary alicyclic amines) is 1. The second-order valence-corrected chi connectivity index (χ2v) is 8.06. The lowest BCUT2D eigenvalue weighted by atomic mass is 9.78. The van der Waals surface area contributed by atoms with Crippen LogP contribution in [0.15, 0.2) is 30.3 Å². The van der Waals surface area contributed by atoms with E-state index in [4.69, 9.17) is 0 Å². The fourth-order valence-electron chi connectivity index (χ4n) is 4.55. The van der Waals surface area contributed by atoms with Crippen LogP contribution < -0.4 is 5.32 Å². The maximum absolute atomic E-state index is 13.9. The summed E-state index contributed by atoms with van der Waals surface area (Å²) in [6.07, 6.45) is 2.28. The van der Waals surface area contributed by atoms with Crippen molar-refractivity contribution in [1.29, 1.82) is 0 Å². The van der Waals surface area contributed by atoms with Gasteiger partial charge in [-0.05, 0) is 50.8 Å². The number of piperidine rings is 1. The molecule has 2 aliphatic rings. The Morgan fingerprint density at radius 2 is 1.93 bits per heavy atom. The Morgan fingerprint density at radius 1 is 1.26 bits per heavy atom. The zero-order valence-corrected chi connectivity index (χ0v) is 16.0. The summed E-state index contributed by atoms with van der Waals surface area (Å²) in [7, 11) is 1.93. The van der Waals surface area contributed by atoms with Crippen molar-refractivity contribution in [2.24, 2.45) is 11.8 Å². The Kier molecular flexibility index (Phi) is 6.16. The third kappa shape index (κ3) is 4.32. The highest BCUT2D eigenvalue weighted by atomic mass is 19.3. The largest absolute Gasteiger partial charge is 0.375 e. The minimum atomic E-state index is -2.81. The molecular weight excluding hydrogens is 350 g/mol. The van der Waals surface area contributed by atoms with E-state index in [1.807, 2.05) is 7.05 Å². The molecule has 3 rings (SSSR count). The first-order valence-corrected chi connectivity index (χ1v) is 9.96. The van der Waals surface area contributed by atoms with E-state index in [2.05, 4.69) is 5.32 Å². The Labute approximate surface area is 159 Å². The molecule has 2 fully saturated rings. The predicted molar refractivity (Wildman–Crippen MR) is 100 cm³/mol. The molecule has 2 N–H and O–H groups in total. The first kappa shape index (κ1) is 20.2. The van der Waals surface area contributed by atoms with Gasteiger partial charge in [0.1, 0.15) is 0 Å². The van der Waals surface area contributed by atoms with Crippen molar-refractivity contribution in [2.75, 3.05) is 26.7 Å². The third-order valence-corrected chi connectivity index (χ3v) is 6.24. The van der Waals surface area contributed by atoms with Crippen molar-refractivity contribution in [2.45, 2.75) is 50.0 Å². The number of carbonyl (C=O) groups is 1. The van der Waals surface area contributed by atoms with E-state index in [0.29, 0.717) is 24.6 Å². The predicted octanol–water partition coefficient (Wildman–Crippen LogP) is 3.16. The Bertz CT molecular complexity index is 632. The molecule has 0 unspecified atom stereocenters. The quantitative estimate of drug-likeness (QED) is 0.797. The normalized spacial score (nSPS) is 25.3. The van der Waals surface area contributed by atoms with Crippen molar-refractivity contribution in [3.05, 3.63) is 35.9 Å². The van der Waals surface area contributed by atoms with Crippen LogP contribution in [0, 0.1) is 11.8 Å². The van der Waals surface area contributed by atoms with Gasteiger partial charge in [0.2, 0.25) is 5.92 Å². The average Bonchev–Trinajstić information content (AvgIpc) is 3.06. The van der Waals surface area contributed by atoms with Gasteiger partial charge in [-0.3, -0.25) is 4.79 Å². The number of halogens is 2. The monoisotopic (exact) mass is 380 g/mol. The molecule has 1 aliphatic carbocycles. The molecule has 0 aromatic heterocycles. The topological polar surface area (TPSA) is 52.6 Å². The average molecular weight is 380 g/mol. The molecule has 0 spiro atoms. The number of amides is 1. The zero-order chi connectivity index (χ0) is 19.5. The molecule has 2 atom stereocenters. The number of nitrogens with zero attached hydrogens (tertiary/aromatic N) is 1. The van der Waals surface area contributed by atoms with Crippen molar-refractivity contribution < 1.29 is 18.7 Å². The number of alkyl halides is 2. The number of rotatable bonds is 6. The molecule has 150 valence electrons. The zero-order valence-electron chi connectivity index (χ0n) is 16.0. The van der Waals surface area contributed by atoms with Gasteiger partial charge in [-0.1, -0.05) is 30.3 Å². The summed E-state index contributed by atoms with van der Waals surface area (Å²) < 4.78 is 27.7. The molecule has 27 heavy (non-hydrogen) atoms. The van der Waals surface area contributed by atoms with Crippen LogP contribution in [0.5, 0.6) is 0 Å². The minimum Gasteiger partial charge on any atom is -0.375 e. The lowest BCUT2D eigenvalue weighted by Gasteiger charge is -2.40. The fourth-order valence-corrected chi connectivity index (χ4v) is 4.55. The van der Waals surface area contributed by atoms with E-state index < -0.39 is 29.8 Å². The number of benzene rings is 1. The van der Waals surface area contributed by atoms with Crippen LogP contribution in [0.1, 0.15) is 44.1 Å². The Morgan fingerprint density at radius 3 is 2.48 bits per heavy atom. The van der Waals surface area contributed by atoms with Crippen molar-refractivity contribution >= 4 is 5.91 Å². The molecule has 1 saturated heterocycles. The number of hydrogen-bond acceptors (Lipinski definition) is 3. The Balaban J connectivity index is 1.79. The van der Waals surface area contributed by atoms with E-state index in [1.54, 1.807) is 35.2 Å². The second kappa shape index (κ2) is 8.23. The van der Waals surface area contributed by atoms with Crippen LogP contribution >= 0.6 is 0 Å². The second-order valence-electron chi connectivity index (χ2n) is 8.06. The maximum atomic E-state index is 13.9. The first-order chi connectivity index (χ1) is 12.9. The number of carbonyl (C=O) groups excluding carboxylic acids is 1.